The van der Waals surface area contributed by atoms with Crippen LogP contribution < -0.4 is 10.1 Å². The highest BCUT2D eigenvalue weighted by atomic mass is 16.5. The maximum absolute atomic E-state index is 11.8. The zero-order valence-electron chi connectivity index (χ0n) is 11.2. The van der Waals surface area contributed by atoms with E-state index < -0.39 is 5.97 Å². The molecule has 19 heavy (non-hydrogen) atoms. The van der Waals surface area contributed by atoms with Crippen LogP contribution in [0.25, 0.3) is 0 Å². The number of rotatable bonds is 7. The summed E-state index contributed by atoms with van der Waals surface area (Å²) in [7, 11) is 0. The molecule has 0 aromatic heterocycles. The van der Waals surface area contributed by atoms with Crippen LogP contribution in [0, 0.1) is 5.92 Å². The van der Waals surface area contributed by atoms with Crippen molar-refractivity contribution < 1.29 is 19.4 Å². The van der Waals surface area contributed by atoms with Crippen molar-refractivity contribution in [2.24, 2.45) is 5.92 Å². The van der Waals surface area contributed by atoms with E-state index in [0.717, 1.165) is 5.75 Å². The number of carbonyl (C=O) groups is 2. The lowest BCUT2D eigenvalue weighted by molar-refractivity contribution is -0.137. The number of carbonyl (C=O) groups excluding carboxylic acids is 1. The molecule has 104 valence electrons. The molecule has 0 aliphatic heterocycles. The first-order valence-corrected chi connectivity index (χ1v) is 6.25. The number of nitrogens with one attached hydrogen (secondary N) is 1. The van der Waals surface area contributed by atoms with E-state index in [0.29, 0.717) is 18.7 Å². The number of aliphatic carboxylic acids is 1. The second kappa shape index (κ2) is 7.41. The molecule has 0 aliphatic rings. The Kier molecular flexibility index (Phi) is 5.85. The smallest absolute Gasteiger partial charge is 0.303 e. The van der Waals surface area contributed by atoms with Gasteiger partial charge in [-0.05, 0) is 37.1 Å². The van der Waals surface area contributed by atoms with E-state index in [-0.39, 0.29) is 18.2 Å². The van der Waals surface area contributed by atoms with Gasteiger partial charge in [-0.2, -0.15) is 0 Å². The molecule has 1 rings (SSSR count). The van der Waals surface area contributed by atoms with Gasteiger partial charge in [-0.1, -0.05) is 6.92 Å². The van der Waals surface area contributed by atoms with Crippen LogP contribution in [0.15, 0.2) is 24.3 Å². The van der Waals surface area contributed by atoms with Crippen LogP contribution in [0.5, 0.6) is 5.75 Å². The third-order valence-electron chi connectivity index (χ3n) is 2.56. The highest BCUT2D eigenvalue weighted by Gasteiger charge is 2.10. The first kappa shape index (κ1) is 15.0. The third-order valence-corrected chi connectivity index (χ3v) is 2.56. The molecule has 0 aliphatic carbocycles. The maximum atomic E-state index is 11.8. The van der Waals surface area contributed by atoms with Crippen molar-refractivity contribution in [1.82, 2.24) is 5.32 Å². The highest BCUT2D eigenvalue weighted by Crippen LogP contribution is 2.12. The van der Waals surface area contributed by atoms with Gasteiger partial charge in [0.2, 0.25) is 0 Å². The van der Waals surface area contributed by atoms with Crippen molar-refractivity contribution in [2.45, 2.75) is 20.3 Å². The first-order valence-electron chi connectivity index (χ1n) is 6.25. The van der Waals surface area contributed by atoms with Gasteiger partial charge in [0.05, 0.1) is 6.61 Å². The number of benzene rings is 1. The Morgan fingerprint density at radius 3 is 2.47 bits per heavy atom. The molecular formula is C14H19NO4. The Labute approximate surface area is 112 Å². The fraction of sp³-hybridized carbons (Fsp3) is 0.429. The zero-order chi connectivity index (χ0) is 14.3. The van der Waals surface area contributed by atoms with E-state index in [4.69, 9.17) is 9.84 Å². The summed E-state index contributed by atoms with van der Waals surface area (Å²) in [6, 6.07) is 6.84. The van der Waals surface area contributed by atoms with Crippen LogP contribution >= 0.6 is 0 Å². The molecule has 0 bridgehead atoms. The number of hydrogen-bond donors (Lipinski definition) is 2. The average molecular weight is 265 g/mol. The normalized spacial score (nSPS) is 11.7. The Balaban J connectivity index is 2.47. The first-order chi connectivity index (χ1) is 9.02. The molecule has 5 nitrogen and oxygen atoms in total. The molecule has 5 heteroatoms. The molecule has 0 saturated carbocycles. The van der Waals surface area contributed by atoms with Crippen LogP contribution in [0.1, 0.15) is 30.6 Å². The van der Waals surface area contributed by atoms with Crippen LogP contribution in [0.2, 0.25) is 0 Å². The van der Waals surface area contributed by atoms with E-state index in [2.05, 4.69) is 5.32 Å². The molecule has 1 atom stereocenters. The van der Waals surface area contributed by atoms with Gasteiger partial charge < -0.3 is 15.2 Å². The third kappa shape index (κ3) is 5.42. The molecule has 0 heterocycles. The lowest BCUT2D eigenvalue weighted by Gasteiger charge is -2.10. The largest absolute Gasteiger partial charge is 0.494 e. The quantitative estimate of drug-likeness (QED) is 0.789. The van der Waals surface area contributed by atoms with Crippen molar-refractivity contribution in [3.05, 3.63) is 29.8 Å². The minimum absolute atomic E-state index is 0.0452. The van der Waals surface area contributed by atoms with Crippen LogP contribution in [-0.2, 0) is 4.79 Å². The van der Waals surface area contributed by atoms with Gasteiger partial charge in [0.25, 0.3) is 5.91 Å². The van der Waals surface area contributed by atoms with E-state index in [1.807, 2.05) is 6.92 Å². The van der Waals surface area contributed by atoms with Crippen molar-refractivity contribution in [2.75, 3.05) is 13.2 Å². The summed E-state index contributed by atoms with van der Waals surface area (Å²) in [5.41, 5.74) is 0.533. The number of ether oxygens (including phenoxy) is 1. The maximum Gasteiger partial charge on any atom is 0.303 e. The van der Waals surface area contributed by atoms with E-state index in [1.165, 1.54) is 0 Å². The Hall–Kier alpha value is -2.04. The molecule has 0 radical (unpaired) electrons. The summed E-state index contributed by atoms with van der Waals surface area (Å²) >= 11 is 0. The molecule has 0 spiro atoms. The molecule has 0 saturated heterocycles. The van der Waals surface area contributed by atoms with E-state index in [9.17, 15) is 9.59 Å². The molecule has 1 aromatic rings. The number of carboxylic acids is 1. The van der Waals surface area contributed by atoms with Crippen LogP contribution in [-0.4, -0.2) is 30.1 Å². The lowest BCUT2D eigenvalue weighted by atomic mass is 10.1. The predicted octanol–water partition coefficient (Wildman–Crippen LogP) is 1.93. The van der Waals surface area contributed by atoms with Gasteiger partial charge in [-0.3, -0.25) is 9.59 Å². The minimum atomic E-state index is -0.859. The minimum Gasteiger partial charge on any atom is -0.494 e. The van der Waals surface area contributed by atoms with Gasteiger partial charge in [0, 0.05) is 18.5 Å². The van der Waals surface area contributed by atoms with Crippen molar-refractivity contribution in [1.29, 1.82) is 0 Å². The van der Waals surface area contributed by atoms with Gasteiger partial charge in [-0.15, -0.1) is 0 Å². The lowest BCUT2D eigenvalue weighted by Crippen LogP contribution is -2.29. The predicted molar refractivity (Wildman–Crippen MR) is 71.4 cm³/mol. The average Bonchev–Trinajstić information content (AvgIpc) is 2.36. The monoisotopic (exact) mass is 265 g/mol. The van der Waals surface area contributed by atoms with Gasteiger partial charge in [-0.25, -0.2) is 0 Å². The number of amides is 1. The second-order valence-electron chi connectivity index (χ2n) is 4.37. The number of carboxylic acid groups (broad SMARTS) is 1. The molecule has 1 unspecified atom stereocenters. The van der Waals surface area contributed by atoms with Crippen molar-refractivity contribution >= 4 is 11.9 Å². The van der Waals surface area contributed by atoms with Crippen molar-refractivity contribution in [3.8, 4) is 5.75 Å². The molecule has 1 aromatic carbocycles. The molecule has 1 amide bonds. The topological polar surface area (TPSA) is 75.6 Å². The van der Waals surface area contributed by atoms with E-state index in [1.54, 1.807) is 31.2 Å². The summed E-state index contributed by atoms with van der Waals surface area (Å²) in [6.45, 7) is 4.60. The molecular weight excluding hydrogens is 246 g/mol. The van der Waals surface area contributed by atoms with Crippen molar-refractivity contribution in [3.63, 3.8) is 0 Å². The van der Waals surface area contributed by atoms with Crippen LogP contribution in [0.4, 0.5) is 0 Å². The Morgan fingerprint density at radius 1 is 1.32 bits per heavy atom. The standard InChI is InChI=1S/C14H19NO4/c1-3-19-12-6-4-11(5-7-12)14(18)15-9-10(2)8-13(16)17/h4-7,10H,3,8-9H2,1-2H3,(H,15,18)(H,16,17). The van der Waals surface area contributed by atoms with Gasteiger partial charge >= 0.3 is 5.97 Å². The fourth-order valence-corrected chi connectivity index (χ4v) is 1.61. The summed E-state index contributed by atoms with van der Waals surface area (Å²) in [5.74, 6) is -0.439. The van der Waals surface area contributed by atoms with Crippen LogP contribution in [0.3, 0.4) is 0 Å². The van der Waals surface area contributed by atoms with Gasteiger partial charge in [0.15, 0.2) is 0 Å². The summed E-state index contributed by atoms with van der Waals surface area (Å²) in [5, 5.41) is 11.3. The molecule has 0 fully saturated rings. The second-order valence-corrected chi connectivity index (χ2v) is 4.37. The van der Waals surface area contributed by atoms with Gasteiger partial charge in [0.1, 0.15) is 5.75 Å². The summed E-state index contributed by atoms with van der Waals surface area (Å²) in [6.07, 6.45) is 0.0452. The summed E-state index contributed by atoms with van der Waals surface area (Å²) in [4.78, 5) is 22.3. The zero-order valence-corrected chi connectivity index (χ0v) is 11.2. The number of hydrogen-bond acceptors (Lipinski definition) is 3. The Morgan fingerprint density at radius 2 is 1.95 bits per heavy atom. The fourth-order valence-electron chi connectivity index (χ4n) is 1.61. The summed E-state index contributed by atoms with van der Waals surface area (Å²) < 4.78 is 5.29. The van der Waals surface area contributed by atoms with E-state index >= 15 is 0 Å². The Bertz CT molecular complexity index is 428. The SMILES string of the molecule is CCOc1ccc(C(=O)NCC(C)CC(=O)O)cc1. The highest BCUT2D eigenvalue weighted by molar-refractivity contribution is 5.94. The molecule has 2 N–H and O–H groups in total.